The first-order valence-corrected chi connectivity index (χ1v) is 5.43. The molecular formula is C12H11N3O4. The van der Waals surface area contributed by atoms with Gasteiger partial charge in [-0.15, -0.1) is 0 Å². The minimum absolute atomic E-state index is 0.0997. The lowest BCUT2D eigenvalue weighted by Crippen LogP contribution is -2.13. The number of carboxylic acids is 1. The molecule has 19 heavy (non-hydrogen) atoms. The summed E-state index contributed by atoms with van der Waals surface area (Å²) < 4.78 is 4.51. The maximum absolute atomic E-state index is 11.8. The van der Waals surface area contributed by atoms with E-state index in [1.807, 2.05) is 6.92 Å². The SMILES string of the molecule is Cc1ccc(NC(=O)c2cc(C(=O)O)on2)c(C)n1. The Morgan fingerprint density at radius 3 is 2.63 bits per heavy atom. The predicted octanol–water partition coefficient (Wildman–Crippen LogP) is 1.64. The Bertz CT molecular complexity index is 648. The van der Waals surface area contributed by atoms with E-state index in [0.717, 1.165) is 11.8 Å². The van der Waals surface area contributed by atoms with Gasteiger partial charge >= 0.3 is 5.97 Å². The molecular weight excluding hydrogens is 250 g/mol. The normalized spacial score (nSPS) is 10.2. The first kappa shape index (κ1) is 12.7. The number of nitrogens with one attached hydrogen (secondary N) is 1. The molecule has 0 saturated carbocycles. The van der Waals surface area contributed by atoms with Crippen molar-refractivity contribution in [3.8, 4) is 0 Å². The second kappa shape index (κ2) is 4.89. The van der Waals surface area contributed by atoms with Crippen LogP contribution < -0.4 is 5.32 Å². The molecule has 0 atom stereocenters. The molecule has 0 aromatic carbocycles. The van der Waals surface area contributed by atoms with Gasteiger partial charge in [-0.25, -0.2) is 4.79 Å². The number of pyridine rings is 1. The zero-order valence-electron chi connectivity index (χ0n) is 10.3. The largest absolute Gasteiger partial charge is 0.475 e. The van der Waals surface area contributed by atoms with Crippen LogP contribution in [0.15, 0.2) is 22.7 Å². The van der Waals surface area contributed by atoms with Gasteiger partial charge in [-0.1, -0.05) is 5.16 Å². The number of hydrogen-bond donors (Lipinski definition) is 2. The van der Waals surface area contributed by atoms with Gasteiger partial charge in [0.2, 0.25) is 5.76 Å². The molecule has 2 aromatic rings. The molecule has 2 heterocycles. The smallest absolute Gasteiger partial charge is 0.374 e. The molecule has 0 aliphatic rings. The van der Waals surface area contributed by atoms with Crippen molar-refractivity contribution >= 4 is 17.6 Å². The number of carbonyl (C=O) groups excluding carboxylic acids is 1. The molecule has 0 aliphatic heterocycles. The fourth-order valence-corrected chi connectivity index (χ4v) is 1.49. The van der Waals surface area contributed by atoms with Crippen molar-refractivity contribution in [2.75, 3.05) is 5.32 Å². The van der Waals surface area contributed by atoms with E-state index in [4.69, 9.17) is 5.11 Å². The van der Waals surface area contributed by atoms with E-state index in [0.29, 0.717) is 11.4 Å². The zero-order valence-corrected chi connectivity index (χ0v) is 10.3. The van der Waals surface area contributed by atoms with Gasteiger partial charge < -0.3 is 14.9 Å². The first-order valence-electron chi connectivity index (χ1n) is 5.43. The Balaban J connectivity index is 2.18. The molecule has 2 N–H and O–H groups in total. The van der Waals surface area contributed by atoms with Crippen LogP contribution in [-0.2, 0) is 0 Å². The number of rotatable bonds is 3. The molecule has 7 heteroatoms. The third-order valence-electron chi connectivity index (χ3n) is 2.43. The van der Waals surface area contributed by atoms with Crippen molar-refractivity contribution in [3.63, 3.8) is 0 Å². The number of aryl methyl sites for hydroxylation is 2. The van der Waals surface area contributed by atoms with E-state index in [-0.39, 0.29) is 11.5 Å². The molecule has 1 amide bonds. The highest BCUT2D eigenvalue weighted by atomic mass is 16.5. The van der Waals surface area contributed by atoms with Crippen molar-refractivity contribution in [1.29, 1.82) is 0 Å². The maximum Gasteiger partial charge on any atom is 0.374 e. The van der Waals surface area contributed by atoms with Crippen LogP contribution in [0.4, 0.5) is 5.69 Å². The highest BCUT2D eigenvalue weighted by molar-refractivity contribution is 6.04. The lowest BCUT2D eigenvalue weighted by Gasteiger charge is -2.06. The molecule has 2 aromatic heterocycles. The highest BCUT2D eigenvalue weighted by Gasteiger charge is 2.17. The van der Waals surface area contributed by atoms with Crippen LogP contribution in [-0.4, -0.2) is 27.1 Å². The molecule has 7 nitrogen and oxygen atoms in total. The van der Waals surface area contributed by atoms with Crippen molar-refractivity contribution in [2.24, 2.45) is 0 Å². The van der Waals surface area contributed by atoms with Crippen molar-refractivity contribution in [3.05, 3.63) is 41.0 Å². The molecule has 2 rings (SSSR count). The van der Waals surface area contributed by atoms with Gasteiger partial charge in [-0.3, -0.25) is 9.78 Å². The van der Waals surface area contributed by atoms with Crippen LogP contribution in [0.2, 0.25) is 0 Å². The number of carboxylic acid groups (broad SMARTS) is 1. The van der Waals surface area contributed by atoms with Gasteiger partial charge in [0.25, 0.3) is 5.91 Å². The molecule has 0 radical (unpaired) electrons. The van der Waals surface area contributed by atoms with Crippen molar-refractivity contribution in [2.45, 2.75) is 13.8 Å². The second-order valence-corrected chi connectivity index (χ2v) is 3.92. The van der Waals surface area contributed by atoms with Gasteiger partial charge in [-0.2, -0.15) is 0 Å². The number of aromatic nitrogens is 2. The quantitative estimate of drug-likeness (QED) is 0.870. The Morgan fingerprint density at radius 1 is 1.32 bits per heavy atom. The molecule has 0 bridgehead atoms. The standard InChI is InChI=1S/C12H11N3O4/c1-6-3-4-8(7(2)13-6)14-11(16)9-5-10(12(17)18)19-15-9/h3-5H,1-2H3,(H,14,16)(H,17,18). The van der Waals surface area contributed by atoms with E-state index in [1.165, 1.54) is 0 Å². The van der Waals surface area contributed by atoms with Crippen LogP contribution in [0, 0.1) is 13.8 Å². The van der Waals surface area contributed by atoms with Gasteiger partial charge in [-0.05, 0) is 26.0 Å². The minimum atomic E-state index is -1.28. The maximum atomic E-state index is 11.8. The van der Waals surface area contributed by atoms with Gasteiger partial charge in [0.05, 0.1) is 11.4 Å². The van der Waals surface area contributed by atoms with Gasteiger partial charge in [0.1, 0.15) is 0 Å². The summed E-state index contributed by atoms with van der Waals surface area (Å²) in [6.07, 6.45) is 0. The molecule has 0 unspecified atom stereocenters. The summed E-state index contributed by atoms with van der Waals surface area (Å²) >= 11 is 0. The van der Waals surface area contributed by atoms with Crippen LogP contribution in [0.25, 0.3) is 0 Å². The van der Waals surface area contributed by atoms with E-state index >= 15 is 0 Å². The minimum Gasteiger partial charge on any atom is -0.475 e. The summed E-state index contributed by atoms with van der Waals surface area (Å²) in [5.41, 5.74) is 1.94. The van der Waals surface area contributed by atoms with Crippen molar-refractivity contribution < 1.29 is 19.2 Å². The Morgan fingerprint density at radius 2 is 2.05 bits per heavy atom. The summed E-state index contributed by atoms with van der Waals surface area (Å²) in [4.78, 5) is 26.6. The van der Waals surface area contributed by atoms with Gasteiger partial charge in [0, 0.05) is 11.8 Å². The van der Waals surface area contributed by atoms with Crippen molar-refractivity contribution in [1.82, 2.24) is 10.1 Å². The average molecular weight is 261 g/mol. The van der Waals surface area contributed by atoms with Crippen LogP contribution in [0.1, 0.15) is 32.4 Å². The number of anilines is 1. The van der Waals surface area contributed by atoms with E-state index in [1.54, 1.807) is 19.1 Å². The van der Waals surface area contributed by atoms with E-state index in [2.05, 4.69) is 20.0 Å². The monoisotopic (exact) mass is 261 g/mol. The van der Waals surface area contributed by atoms with Crippen LogP contribution >= 0.6 is 0 Å². The first-order chi connectivity index (χ1) is 8.97. The number of amides is 1. The number of hydrogen-bond acceptors (Lipinski definition) is 5. The lowest BCUT2D eigenvalue weighted by atomic mass is 10.2. The van der Waals surface area contributed by atoms with E-state index in [9.17, 15) is 9.59 Å². The summed E-state index contributed by atoms with van der Waals surface area (Å²) in [7, 11) is 0. The Kier molecular flexibility index (Phi) is 3.28. The third-order valence-corrected chi connectivity index (χ3v) is 2.43. The molecule has 0 aliphatic carbocycles. The van der Waals surface area contributed by atoms with Crippen LogP contribution in [0.5, 0.6) is 0 Å². The second-order valence-electron chi connectivity index (χ2n) is 3.92. The molecule has 98 valence electrons. The summed E-state index contributed by atoms with van der Waals surface area (Å²) in [5.74, 6) is -2.21. The fourth-order valence-electron chi connectivity index (χ4n) is 1.49. The lowest BCUT2D eigenvalue weighted by molar-refractivity contribution is 0.0651. The van der Waals surface area contributed by atoms with Crippen LogP contribution in [0.3, 0.4) is 0 Å². The van der Waals surface area contributed by atoms with Gasteiger partial charge in [0.15, 0.2) is 5.69 Å². The summed E-state index contributed by atoms with van der Waals surface area (Å²) in [6, 6.07) is 4.54. The summed E-state index contributed by atoms with van der Waals surface area (Å²) in [5, 5.41) is 14.7. The topological polar surface area (TPSA) is 105 Å². The number of aromatic carboxylic acids is 1. The predicted molar refractivity (Wildman–Crippen MR) is 65.1 cm³/mol. The third kappa shape index (κ3) is 2.76. The average Bonchev–Trinajstić information content (AvgIpc) is 2.82. The number of carbonyl (C=O) groups is 2. The summed E-state index contributed by atoms with van der Waals surface area (Å²) in [6.45, 7) is 3.60. The molecule has 0 fully saturated rings. The fraction of sp³-hybridized carbons (Fsp3) is 0.167. The zero-order chi connectivity index (χ0) is 14.0. The Hall–Kier alpha value is -2.70. The highest BCUT2D eigenvalue weighted by Crippen LogP contribution is 2.14. The Labute approximate surface area is 108 Å². The van der Waals surface area contributed by atoms with E-state index < -0.39 is 11.9 Å². The molecule has 0 spiro atoms. The number of nitrogens with zero attached hydrogens (tertiary/aromatic N) is 2. The molecule has 0 saturated heterocycles.